The minimum atomic E-state index is 0.550. The lowest BCUT2D eigenvalue weighted by atomic mass is 10.1. The molecule has 2 aromatic carbocycles. The van der Waals surface area contributed by atoms with Crippen LogP contribution >= 0.6 is 15.9 Å². The molecule has 104 valence electrons. The zero-order chi connectivity index (χ0) is 14.5. The van der Waals surface area contributed by atoms with Crippen LogP contribution in [0.15, 0.2) is 71.6 Å². The smallest absolute Gasteiger partial charge is 0.125 e. The van der Waals surface area contributed by atoms with Crippen molar-refractivity contribution in [2.24, 2.45) is 0 Å². The van der Waals surface area contributed by atoms with E-state index in [1.54, 1.807) is 12.4 Å². The van der Waals surface area contributed by atoms with Crippen molar-refractivity contribution >= 4 is 15.9 Å². The quantitative estimate of drug-likeness (QED) is 0.702. The Bertz CT molecular complexity index is 732. The van der Waals surface area contributed by atoms with E-state index in [4.69, 9.17) is 4.74 Å². The molecule has 3 rings (SSSR count). The summed E-state index contributed by atoms with van der Waals surface area (Å²) < 4.78 is 6.54. The van der Waals surface area contributed by atoms with Crippen LogP contribution in [0.5, 0.6) is 5.75 Å². The van der Waals surface area contributed by atoms with Gasteiger partial charge in [-0.15, -0.1) is 0 Å². The Kier molecular flexibility index (Phi) is 4.26. The van der Waals surface area contributed by atoms with Crippen LogP contribution in [0.2, 0.25) is 0 Å². The number of benzene rings is 2. The van der Waals surface area contributed by atoms with Crippen molar-refractivity contribution in [1.29, 1.82) is 0 Å². The normalized spacial score (nSPS) is 10.3. The van der Waals surface area contributed by atoms with Gasteiger partial charge in [0, 0.05) is 5.56 Å². The Balaban J connectivity index is 1.77. The van der Waals surface area contributed by atoms with Crippen LogP contribution < -0.4 is 4.74 Å². The molecule has 21 heavy (non-hydrogen) atoms. The Morgan fingerprint density at radius 3 is 2.62 bits per heavy atom. The summed E-state index contributed by atoms with van der Waals surface area (Å²) in [6.45, 7) is 0.550. The van der Waals surface area contributed by atoms with E-state index in [1.807, 2.05) is 54.6 Å². The lowest BCUT2D eigenvalue weighted by Crippen LogP contribution is -1.95. The first kappa shape index (κ1) is 13.8. The first-order valence-corrected chi connectivity index (χ1v) is 7.35. The topological polar surface area (TPSA) is 35.0 Å². The Hall–Kier alpha value is -2.20. The molecular weight excluding hydrogens is 328 g/mol. The SMILES string of the molecule is Brc1cncc(-c2cccc(OCc3ccccc3)c2)n1. The molecule has 0 aliphatic carbocycles. The maximum Gasteiger partial charge on any atom is 0.125 e. The maximum absolute atomic E-state index is 5.82. The molecular formula is C17H13BrN2O. The molecule has 0 spiro atoms. The molecule has 0 aliphatic rings. The van der Waals surface area contributed by atoms with E-state index in [1.165, 1.54) is 0 Å². The summed E-state index contributed by atoms with van der Waals surface area (Å²) in [4.78, 5) is 8.54. The lowest BCUT2D eigenvalue weighted by Gasteiger charge is -2.08. The van der Waals surface area contributed by atoms with E-state index in [-0.39, 0.29) is 0 Å². The van der Waals surface area contributed by atoms with E-state index in [9.17, 15) is 0 Å². The van der Waals surface area contributed by atoms with Gasteiger partial charge >= 0.3 is 0 Å². The zero-order valence-corrected chi connectivity index (χ0v) is 12.8. The van der Waals surface area contributed by atoms with Crippen molar-refractivity contribution < 1.29 is 4.74 Å². The van der Waals surface area contributed by atoms with Crippen LogP contribution in [-0.2, 0) is 6.61 Å². The molecule has 0 unspecified atom stereocenters. The minimum absolute atomic E-state index is 0.550. The highest BCUT2D eigenvalue weighted by Crippen LogP contribution is 2.23. The molecule has 0 radical (unpaired) electrons. The van der Waals surface area contributed by atoms with E-state index in [0.29, 0.717) is 6.61 Å². The molecule has 3 aromatic rings. The standard InChI is InChI=1S/C17H13BrN2O/c18-17-11-19-10-16(20-17)14-7-4-8-15(9-14)21-12-13-5-2-1-3-6-13/h1-11H,12H2. The van der Waals surface area contributed by atoms with Gasteiger partial charge in [0.1, 0.15) is 17.0 Å². The molecule has 0 N–H and O–H groups in total. The first-order valence-electron chi connectivity index (χ1n) is 6.56. The largest absolute Gasteiger partial charge is 0.489 e. The van der Waals surface area contributed by atoms with Gasteiger partial charge in [0.2, 0.25) is 0 Å². The number of rotatable bonds is 4. The number of hydrogen-bond acceptors (Lipinski definition) is 3. The van der Waals surface area contributed by atoms with Crippen molar-refractivity contribution in [3.8, 4) is 17.0 Å². The highest BCUT2D eigenvalue weighted by Gasteiger charge is 2.03. The maximum atomic E-state index is 5.82. The van der Waals surface area contributed by atoms with Crippen molar-refractivity contribution in [3.05, 3.63) is 77.2 Å². The van der Waals surface area contributed by atoms with Gasteiger partial charge in [-0.1, -0.05) is 42.5 Å². The van der Waals surface area contributed by atoms with Crippen LogP contribution in [0.25, 0.3) is 11.3 Å². The second-order valence-corrected chi connectivity index (χ2v) is 5.34. The molecule has 0 atom stereocenters. The molecule has 0 bridgehead atoms. The third-order valence-corrected chi connectivity index (χ3v) is 3.37. The fourth-order valence-corrected chi connectivity index (χ4v) is 2.28. The summed E-state index contributed by atoms with van der Waals surface area (Å²) in [6, 6.07) is 18.0. The molecule has 3 nitrogen and oxygen atoms in total. The summed E-state index contributed by atoms with van der Waals surface area (Å²) in [6.07, 6.45) is 3.40. The monoisotopic (exact) mass is 340 g/mol. The second kappa shape index (κ2) is 6.50. The second-order valence-electron chi connectivity index (χ2n) is 4.53. The molecule has 0 amide bonds. The third-order valence-electron chi connectivity index (χ3n) is 2.98. The van der Waals surface area contributed by atoms with Gasteiger partial charge in [0.05, 0.1) is 18.1 Å². The van der Waals surface area contributed by atoms with Gasteiger partial charge in [-0.2, -0.15) is 0 Å². The fraction of sp³-hybridized carbons (Fsp3) is 0.0588. The van der Waals surface area contributed by atoms with Gasteiger partial charge in [0.15, 0.2) is 0 Å². The summed E-state index contributed by atoms with van der Waals surface area (Å²) in [5.41, 5.74) is 2.94. The number of ether oxygens (including phenoxy) is 1. The Morgan fingerprint density at radius 2 is 1.81 bits per heavy atom. The van der Waals surface area contributed by atoms with Crippen molar-refractivity contribution in [2.75, 3.05) is 0 Å². The van der Waals surface area contributed by atoms with Gasteiger partial charge in [0.25, 0.3) is 0 Å². The van der Waals surface area contributed by atoms with Crippen molar-refractivity contribution in [2.45, 2.75) is 6.61 Å². The van der Waals surface area contributed by atoms with E-state index < -0.39 is 0 Å². The number of halogens is 1. The molecule has 0 saturated carbocycles. The summed E-state index contributed by atoms with van der Waals surface area (Å²) >= 11 is 3.33. The molecule has 0 saturated heterocycles. The predicted octanol–water partition coefficient (Wildman–Crippen LogP) is 4.49. The van der Waals surface area contributed by atoms with Crippen LogP contribution in [0, 0.1) is 0 Å². The average Bonchev–Trinajstić information content (AvgIpc) is 2.54. The number of aromatic nitrogens is 2. The van der Waals surface area contributed by atoms with Crippen LogP contribution in [0.3, 0.4) is 0 Å². The van der Waals surface area contributed by atoms with Crippen LogP contribution in [-0.4, -0.2) is 9.97 Å². The zero-order valence-electron chi connectivity index (χ0n) is 11.2. The predicted molar refractivity (Wildman–Crippen MR) is 85.9 cm³/mol. The summed E-state index contributed by atoms with van der Waals surface area (Å²) in [7, 11) is 0. The van der Waals surface area contributed by atoms with Gasteiger partial charge < -0.3 is 4.74 Å². The van der Waals surface area contributed by atoms with E-state index in [2.05, 4.69) is 25.9 Å². The van der Waals surface area contributed by atoms with Crippen LogP contribution in [0.1, 0.15) is 5.56 Å². The summed E-state index contributed by atoms with van der Waals surface area (Å²) in [5, 5.41) is 0. The minimum Gasteiger partial charge on any atom is -0.489 e. The third kappa shape index (κ3) is 3.67. The molecule has 0 aliphatic heterocycles. The first-order chi connectivity index (χ1) is 10.3. The Morgan fingerprint density at radius 1 is 0.952 bits per heavy atom. The highest BCUT2D eigenvalue weighted by molar-refractivity contribution is 9.10. The Labute approximate surface area is 131 Å². The molecule has 1 aromatic heterocycles. The number of hydrogen-bond donors (Lipinski definition) is 0. The molecule has 0 fully saturated rings. The van der Waals surface area contributed by atoms with Gasteiger partial charge in [-0.25, -0.2) is 4.98 Å². The fourth-order valence-electron chi connectivity index (χ4n) is 1.97. The lowest BCUT2D eigenvalue weighted by molar-refractivity contribution is 0.306. The summed E-state index contributed by atoms with van der Waals surface area (Å²) in [5.74, 6) is 0.818. The molecule has 1 heterocycles. The van der Waals surface area contributed by atoms with Gasteiger partial charge in [-0.3, -0.25) is 4.98 Å². The highest BCUT2D eigenvalue weighted by atomic mass is 79.9. The number of nitrogens with zero attached hydrogens (tertiary/aromatic N) is 2. The van der Waals surface area contributed by atoms with Gasteiger partial charge in [-0.05, 0) is 33.6 Å². The van der Waals surface area contributed by atoms with Crippen molar-refractivity contribution in [3.63, 3.8) is 0 Å². The van der Waals surface area contributed by atoms with E-state index in [0.717, 1.165) is 27.2 Å². The molecule has 4 heteroatoms. The van der Waals surface area contributed by atoms with Crippen molar-refractivity contribution in [1.82, 2.24) is 9.97 Å². The van der Waals surface area contributed by atoms with Crippen LogP contribution in [0.4, 0.5) is 0 Å². The average molecular weight is 341 g/mol. The van der Waals surface area contributed by atoms with E-state index >= 15 is 0 Å².